The van der Waals surface area contributed by atoms with Crippen molar-refractivity contribution < 1.29 is 4.39 Å². The molecule has 0 aliphatic heterocycles. The van der Waals surface area contributed by atoms with E-state index in [0.717, 1.165) is 0 Å². The van der Waals surface area contributed by atoms with E-state index in [0.29, 0.717) is 17.2 Å². The molecule has 1 aliphatic rings. The number of benzene rings is 1. The number of nitrogen functional groups attached to an aromatic ring is 1. The summed E-state index contributed by atoms with van der Waals surface area (Å²) in [5.41, 5.74) is 6.78. The minimum atomic E-state index is -0.283. The van der Waals surface area contributed by atoms with E-state index in [2.05, 4.69) is 11.8 Å². The maximum absolute atomic E-state index is 12.8. The van der Waals surface area contributed by atoms with Gasteiger partial charge in [0.1, 0.15) is 5.82 Å². The van der Waals surface area contributed by atoms with Crippen LogP contribution in [0.15, 0.2) is 18.2 Å². The molecule has 2 rings (SSSR count). The minimum Gasteiger partial charge on any atom is -0.398 e. The Morgan fingerprint density at radius 1 is 1.38 bits per heavy atom. The second-order valence-corrected chi connectivity index (χ2v) is 3.28. The van der Waals surface area contributed by atoms with Crippen LogP contribution in [-0.4, -0.2) is 0 Å². The Morgan fingerprint density at radius 2 is 2.15 bits per heavy atom. The van der Waals surface area contributed by atoms with Crippen LogP contribution in [-0.2, 0) is 0 Å². The normalized spacial score (nSPS) is 14.8. The van der Waals surface area contributed by atoms with Gasteiger partial charge >= 0.3 is 0 Å². The van der Waals surface area contributed by atoms with E-state index < -0.39 is 0 Å². The van der Waals surface area contributed by atoms with Gasteiger partial charge in [-0.15, -0.1) is 0 Å². The van der Waals surface area contributed by atoms with Crippen molar-refractivity contribution in [3.05, 3.63) is 29.6 Å². The average molecular weight is 175 g/mol. The van der Waals surface area contributed by atoms with E-state index >= 15 is 0 Å². The molecule has 0 spiro atoms. The first-order valence-electron chi connectivity index (χ1n) is 4.32. The topological polar surface area (TPSA) is 26.0 Å². The molecule has 1 nitrogen and oxygen atoms in total. The predicted octanol–water partition coefficient (Wildman–Crippen LogP) is 2.17. The van der Waals surface area contributed by atoms with E-state index in [9.17, 15) is 4.39 Å². The summed E-state index contributed by atoms with van der Waals surface area (Å²) in [5, 5.41) is 0. The highest BCUT2D eigenvalue weighted by Crippen LogP contribution is 2.27. The maximum atomic E-state index is 12.8. The minimum absolute atomic E-state index is 0.283. The average Bonchev–Trinajstić information content (AvgIpc) is 2.90. The molecule has 0 aromatic heterocycles. The Balaban J connectivity index is 2.28. The monoisotopic (exact) mass is 175 g/mol. The number of rotatable bonds is 0. The van der Waals surface area contributed by atoms with E-state index in [1.165, 1.54) is 25.0 Å². The fraction of sp³-hybridized carbons (Fsp3) is 0.273. The summed E-state index contributed by atoms with van der Waals surface area (Å²) in [6.45, 7) is 0. The van der Waals surface area contributed by atoms with Gasteiger partial charge in [0, 0.05) is 11.6 Å². The third-order valence-electron chi connectivity index (χ3n) is 2.00. The molecule has 2 N–H and O–H groups in total. The van der Waals surface area contributed by atoms with E-state index in [1.807, 2.05) is 0 Å². The van der Waals surface area contributed by atoms with Gasteiger partial charge < -0.3 is 5.73 Å². The Kier molecular flexibility index (Phi) is 1.94. The molecule has 0 bridgehead atoms. The Bertz CT molecular complexity index is 383. The number of hydrogen-bond donors (Lipinski definition) is 1. The van der Waals surface area contributed by atoms with Crippen molar-refractivity contribution in [3.63, 3.8) is 0 Å². The smallest absolute Gasteiger partial charge is 0.124 e. The van der Waals surface area contributed by atoms with E-state index in [-0.39, 0.29) is 5.82 Å². The van der Waals surface area contributed by atoms with Gasteiger partial charge in [0.2, 0.25) is 0 Å². The second kappa shape index (κ2) is 3.10. The summed E-state index contributed by atoms with van der Waals surface area (Å²) in [5.74, 6) is 6.18. The molecular weight excluding hydrogens is 165 g/mol. The van der Waals surface area contributed by atoms with Gasteiger partial charge in [-0.05, 0) is 31.0 Å². The summed E-state index contributed by atoms with van der Waals surface area (Å²) in [6, 6.07) is 4.27. The van der Waals surface area contributed by atoms with Gasteiger partial charge in [-0.3, -0.25) is 0 Å². The number of nitrogens with two attached hydrogens (primary N) is 1. The summed E-state index contributed by atoms with van der Waals surface area (Å²) >= 11 is 0. The van der Waals surface area contributed by atoms with Gasteiger partial charge in [0.25, 0.3) is 0 Å². The lowest BCUT2D eigenvalue weighted by Gasteiger charge is -1.96. The van der Waals surface area contributed by atoms with Crippen LogP contribution in [0.3, 0.4) is 0 Å². The highest BCUT2D eigenvalue weighted by molar-refractivity contribution is 5.55. The summed E-state index contributed by atoms with van der Waals surface area (Å²) in [6.07, 6.45) is 2.34. The van der Waals surface area contributed by atoms with Crippen molar-refractivity contribution in [1.29, 1.82) is 0 Å². The van der Waals surface area contributed by atoms with Gasteiger partial charge in [0.15, 0.2) is 0 Å². The Labute approximate surface area is 76.8 Å². The fourth-order valence-corrected chi connectivity index (χ4v) is 1.04. The SMILES string of the molecule is Nc1ccc(F)cc1C#CC1CC1. The number of hydrogen-bond acceptors (Lipinski definition) is 1. The summed E-state index contributed by atoms with van der Waals surface area (Å²) < 4.78 is 12.8. The molecule has 0 radical (unpaired) electrons. The number of halogens is 1. The molecule has 2 heteroatoms. The standard InChI is InChI=1S/C11H10FN/c12-10-5-6-11(13)9(7-10)4-3-8-1-2-8/h5-8H,1-2,13H2. The van der Waals surface area contributed by atoms with E-state index in [4.69, 9.17) is 5.73 Å². The van der Waals surface area contributed by atoms with Crippen molar-refractivity contribution in [2.45, 2.75) is 12.8 Å². The Hall–Kier alpha value is -1.49. The van der Waals surface area contributed by atoms with Crippen LogP contribution < -0.4 is 5.73 Å². The lowest BCUT2D eigenvalue weighted by molar-refractivity contribution is 0.627. The van der Waals surface area contributed by atoms with Crippen molar-refractivity contribution in [2.24, 2.45) is 5.92 Å². The fourth-order valence-electron chi connectivity index (χ4n) is 1.04. The van der Waals surface area contributed by atoms with Crippen molar-refractivity contribution in [3.8, 4) is 11.8 Å². The van der Waals surface area contributed by atoms with Crippen LogP contribution in [0, 0.1) is 23.6 Å². The molecule has 1 saturated carbocycles. The van der Waals surface area contributed by atoms with Crippen LogP contribution in [0.4, 0.5) is 10.1 Å². The molecule has 1 fully saturated rings. The predicted molar refractivity (Wildman–Crippen MR) is 50.4 cm³/mol. The van der Waals surface area contributed by atoms with E-state index in [1.54, 1.807) is 6.07 Å². The lowest BCUT2D eigenvalue weighted by Crippen LogP contribution is -1.90. The van der Waals surface area contributed by atoms with Crippen molar-refractivity contribution in [1.82, 2.24) is 0 Å². The first-order valence-corrected chi connectivity index (χ1v) is 4.32. The zero-order valence-electron chi connectivity index (χ0n) is 7.18. The largest absolute Gasteiger partial charge is 0.398 e. The Morgan fingerprint density at radius 3 is 2.85 bits per heavy atom. The third kappa shape index (κ3) is 2.00. The summed E-state index contributed by atoms with van der Waals surface area (Å²) in [7, 11) is 0. The molecule has 1 aliphatic carbocycles. The highest BCUT2D eigenvalue weighted by atomic mass is 19.1. The molecule has 0 unspecified atom stereocenters. The number of anilines is 1. The van der Waals surface area contributed by atoms with Crippen LogP contribution in [0.25, 0.3) is 0 Å². The quantitative estimate of drug-likeness (QED) is 0.474. The zero-order chi connectivity index (χ0) is 9.26. The molecule has 0 atom stereocenters. The van der Waals surface area contributed by atoms with Crippen LogP contribution in [0.5, 0.6) is 0 Å². The third-order valence-corrected chi connectivity index (χ3v) is 2.00. The molecule has 0 saturated heterocycles. The van der Waals surface area contributed by atoms with Gasteiger partial charge in [-0.1, -0.05) is 11.8 Å². The molecule has 0 heterocycles. The van der Waals surface area contributed by atoms with Gasteiger partial charge in [-0.2, -0.15) is 0 Å². The van der Waals surface area contributed by atoms with Crippen molar-refractivity contribution in [2.75, 3.05) is 5.73 Å². The van der Waals surface area contributed by atoms with Crippen LogP contribution in [0.1, 0.15) is 18.4 Å². The zero-order valence-corrected chi connectivity index (χ0v) is 7.18. The first-order chi connectivity index (χ1) is 6.25. The molecule has 0 amide bonds. The maximum Gasteiger partial charge on any atom is 0.124 e. The molecule has 66 valence electrons. The van der Waals surface area contributed by atoms with Crippen molar-refractivity contribution >= 4 is 5.69 Å². The molecule has 1 aromatic carbocycles. The lowest BCUT2D eigenvalue weighted by atomic mass is 10.2. The molecular formula is C11H10FN. The first kappa shape index (κ1) is 8.12. The van der Waals surface area contributed by atoms with Crippen LogP contribution >= 0.6 is 0 Å². The highest BCUT2D eigenvalue weighted by Gasteiger charge is 2.17. The second-order valence-electron chi connectivity index (χ2n) is 3.28. The van der Waals surface area contributed by atoms with Gasteiger partial charge in [-0.25, -0.2) is 4.39 Å². The summed E-state index contributed by atoms with van der Waals surface area (Å²) in [4.78, 5) is 0. The molecule has 13 heavy (non-hydrogen) atoms. The van der Waals surface area contributed by atoms with Gasteiger partial charge in [0.05, 0.1) is 5.56 Å². The molecule has 1 aromatic rings. The van der Waals surface area contributed by atoms with Crippen LogP contribution in [0.2, 0.25) is 0 Å².